The number of amides is 1. The van der Waals surface area contributed by atoms with Crippen molar-refractivity contribution in [2.75, 3.05) is 13.7 Å². The summed E-state index contributed by atoms with van der Waals surface area (Å²) in [5, 5.41) is 16.5. The summed E-state index contributed by atoms with van der Waals surface area (Å²) in [4.78, 5) is 12.4. The summed E-state index contributed by atoms with van der Waals surface area (Å²) in [6, 6.07) is 4.87. The number of benzene rings is 1. The maximum absolute atomic E-state index is 12.4. The molecule has 1 aromatic rings. The summed E-state index contributed by atoms with van der Waals surface area (Å²) in [6.07, 6.45) is 5.57. The molecule has 1 aromatic carbocycles. The van der Waals surface area contributed by atoms with Gasteiger partial charge in [-0.15, -0.1) is 0 Å². The number of carbonyl (C=O) groups excluding carboxylic acids is 1. The molecule has 1 atom stereocenters. The molecule has 1 unspecified atom stereocenters. The van der Waals surface area contributed by atoms with E-state index in [0.717, 1.165) is 19.4 Å². The van der Waals surface area contributed by atoms with Crippen LogP contribution < -0.4 is 15.4 Å². The molecule has 1 amide bonds. The molecule has 1 heterocycles. The van der Waals surface area contributed by atoms with Crippen molar-refractivity contribution in [3.05, 3.63) is 23.8 Å². The predicted molar refractivity (Wildman–Crippen MR) is 79.7 cm³/mol. The van der Waals surface area contributed by atoms with Crippen molar-refractivity contribution >= 4 is 5.91 Å². The fourth-order valence-corrected chi connectivity index (χ4v) is 3.35. The fraction of sp³-hybridized carbons (Fsp3) is 0.562. The second-order valence-corrected chi connectivity index (χ2v) is 6.11. The van der Waals surface area contributed by atoms with E-state index in [2.05, 4.69) is 10.6 Å². The van der Waals surface area contributed by atoms with Gasteiger partial charge in [-0.3, -0.25) is 4.79 Å². The third-order valence-corrected chi connectivity index (χ3v) is 4.72. The second kappa shape index (κ2) is 5.56. The Morgan fingerprint density at radius 3 is 2.95 bits per heavy atom. The molecule has 1 spiro atoms. The molecule has 114 valence electrons. The lowest BCUT2D eigenvalue weighted by Crippen LogP contribution is -2.59. The van der Waals surface area contributed by atoms with Crippen LogP contribution in [-0.4, -0.2) is 36.2 Å². The molecule has 3 N–H and O–H groups in total. The lowest BCUT2D eigenvalue weighted by Gasteiger charge is -2.48. The van der Waals surface area contributed by atoms with Crippen LogP contribution in [-0.2, 0) is 0 Å². The Labute approximate surface area is 124 Å². The first-order valence-corrected chi connectivity index (χ1v) is 7.55. The maximum atomic E-state index is 12.4. The summed E-state index contributed by atoms with van der Waals surface area (Å²) in [5.41, 5.74) is 0.516. The number of carbonyl (C=O) groups is 1. The molecule has 1 aliphatic heterocycles. The largest absolute Gasteiger partial charge is 0.507 e. The Morgan fingerprint density at radius 1 is 1.48 bits per heavy atom. The number of methoxy groups -OCH3 is 1. The van der Waals surface area contributed by atoms with E-state index in [4.69, 9.17) is 4.74 Å². The number of rotatable bonds is 3. The lowest BCUT2D eigenvalue weighted by atomic mass is 9.70. The van der Waals surface area contributed by atoms with Crippen molar-refractivity contribution < 1.29 is 14.6 Å². The maximum Gasteiger partial charge on any atom is 0.255 e. The zero-order chi connectivity index (χ0) is 14.9. The minimum absolute atomic E-state index is 0.0133. The zero-order valence-electron chi connectivity index (χ0n) is 12.3. The van der Waals surface area contributed by atoms with Crippen LogP contribution in [0.1, 0.15) is 42.5 Å². The Kier molecular flexibility index (Phi) is 3.76. The Bertz CT molecular complexity index is 540. The van der Waals surface area contributed by atoms with Crippen LogP contribution >= 0.6 is 0 Å². The molecule has 1 saturated heterocycles. The monoisotopic (exact) mass is 290 g/mol. The van der Waals surface area contributed by atoms with Crippen LogP contribution in [0.25, 0.3) is 0 Å². The predicted octanol–water partition coefficient (Wildman–Crippen LogP) is 1.81. The minimum atomic E-state index is -0.229. The third-order valence-electron chi connectivity index (χ3n) is 4.72. The zero-order valence-corrected chi connectivity index (χ0v) is 12.3. The first-order chi connectivity index (χ1) is 10.1. The first kappa shape index (κ1) is 14.2. The van der Waals surface area contributed by atoms with Crippen molar-refractivity contribution in [3.8, 4) is 11.5 Å². The molecular weight excluding hydrogens is 268 g/mol. The molecule has 5 heteroatoms. The molecule has 1 saturated carbocycles. The van der Waals surface area contributed by atoms with E-state index in [1.165, 1.54) is 25.3 Å². The molecular formula is C16H22N2O3. The van der Waals surface area contributed by atoms with E-state index in [9.17, 15) is 9.90 Å². The number of aromatic hydroxyl groups is 1. The van der Waals surface area contributed by atoms with E-state index in [1.54, 1.807) is 19.2 Å². The highest BCUT2D eigenvalue weighted by Crippen LogP contribution is 2.38. The van der Waals surface area contributed by atoms with Gasteiger partial charge in [0, 0.05) is 11.6 Å². The summed E-state index contributed by atoms with van der Waals surface area (Å²) in [6.45, 7) is 0.940. The third kappa shape index (κ3) is 2.83. The Morgan fingerprint density at radius 2 is 2.29 bits per heavy atom. The number of phenols is 1. The van der Waals surface area contributed by atoms with Gasteiger partial charge in [-0.1, -0.05) is 0 Å². The SMILES string of the molecule is COc1ccc(O)c(C(=O)NC2CCNC3(CCC3)C2)c1. The van der Waals surface area contributed by atoms with Crippen molar-refractivity contribution in [1.29, 1.82) is 0 Å². The van der Waals surface area contributed by atoms with Gasteiger partial charge in [-0.25, -0.2) is 0 Å². The summed E-state index contributed by atoms with van der Waals surface area (Å²) >= 11 is 0. The quantitative estimate of drug-likeness (QED) is 0.794. The van der Waals surface area contributed by atoms with E-state index >= 15 is 0 Å². The van der Waals surface area contributed by atoms with Gasteiger partial charge < -0.3 is 20.5 Å². The highest BCUT2D eigenvalue weighted by Gasteiger charge is 2.41. The van der Waals surface area contributed by atoms with Crippen molar-refractivity contribution in [2.45, 2.75) is 43.7 Å². The number of hydrogen-bond acceptors (Lipinski definition) is 4. The molecule has 0 aromatic heterocycles. The molecule has 21 heavy (non-hydrogen) atoms. The lowest BCUT2D eigenvalue weighted by molar-refractivity contribution is 0.0850. The van der Waals surface area contributed by atoms with Gasteiger partial charge >= 0.3 is 0 Å². The van der Waals surface area contributed by atoms with Gasteiger partial charge in [-0.05, 0) is 56.8 Å². The minimum Gasteiger partial charge on any atom is -0.507 e. The molecule has 0 radical (unpaired) electrons. The van der Waals surface area contributed by atoms with Gasteiger partial charge in [0.1, 0.15) is 11.5 Å². The first-order valence-electron chi connectivity index (χ1n) is 7.55. The number of ether oxygens (including phenoxy) is 1. The van der Waals surface area contributed by atoms with E-state index < -0.39 is 0 Å². The second-order valence-electron chi connectivity index (χ2n) is 6.11. The highest BCUT2D eigenvalue weighted by atomic mass is 16.5. The van der Waals surface area contributed by atoms with Gasteiger partial charge in [0.25, 0.3) is 5.91 Å². The van der Waals surface area contributed by atoms with Crippen LogP contribution in [0, 0.1) is 0 Å². The normalized spacial score (nSPS) is 23.4. The highest BCUT2D eigenvalue weighted by molar-refractivity contribution is 5.97. The smallest absolute Gasteiger partial charge is 0.255 e. The molecule has 3 rings (SSSR count). The van der Waals surface area contributed by atoms with Crippen LogP contribution in [0.2, 0.25) is 0 Å². The van der Waals surface area contributed by atoms with Crippen LogP contribution in [0.15, 0.2) is 18.2 Å². The van der Waals surface area contributed by atoms with E-state index in [0.29, 0.717) is 5.75 Å². The Hall–Kier alpha value is -1.75. The average molecular weight is 290 g/mol. The van der Waals surface area contributed by atoms with E-state index in [-0.39, 0.29) is 28.8 Å². The standard InChI is InChI=1S/C16H22N2O3/c1-21-12-3-4-14(19)13(9-12)15(20)18-11-5-8-17-16(10-11)6-2-7-16/h3-4,9,11,17,19H,2,5-8,10H2,1H3,(H,18,20). The fourth-order valence-electron chi connectivity index (χ4n) is 3.35. The Balaban J connectivity index is 1.68. The number of piperidine rings is 1. The molecule has 2 aliphatic rings. The number of hydrogen-bond donors (Lipinski definition) is 3. The summed E-state index contributed by atoms with van der Waals surface area (Å²) in [7, 11) is 1.54. The van der Waals surface area contributed by atoms with E-state index in [1.807, 2.05) is 0 Å². The van der Waals surface area contributed by atoms with Crippen LogP contribution in [0.3, 0.4) is 0 Å². The van der Waals surface area contributed by atoms with Crippen molar-refractivity contribution in [3.63, 3.8) is 0 Å². The van der Waals surface area contributed by atoms with Gasteiger partial charge in [0.15, 0.2) is 0 Å². The molecule has 0 bridgehead atoms. The molecule has 5 nitrogen and oxygen atoms in total. The van der Waals surface area contributed by atoms with Crippen molar-refractivity contribution in [1.82, 2.24) is 10.6 Å². The van der Waals surface area contributed by atoms with Crippen LogP contribution in [0.4, 0.5) is 0 Å². The van der Waals surface area contributed by atoms with Gasteiger partial charge in [0.2, 0.25) is 0 Å². The number of nitrogens with one attached hydrogen (secondary N) is 2. The average Bonchev–Trinajstić information content (AvgIpc) is 2.46. The molecule has 1 aliphatic carbocycles. The summed E-state index contributed by atoms with van der Waals surface area (Å²) < 4.78 is 5.11. The number of phenolic OH excluding ortho intramolecular Hbond substituents is 1. The van der Waals surface area contributed by atoms with Gasteiger partial charge in [-0.2, -0.15) is 0 Å². The topological polar surface area (TPSA) is 70.6 Å². The summed E-state index contributed by atoms with van der Waals surface area (Å²) in [5.74, 6) is 0.326. The van der Waals surface area contributed by atoms with Gasteiger partial charge in [0.05, 0.1) is 12.7 Å². The molecule has 2 fully saturated rings. The van der Waals surface area contributed by atoms with Crippen LogP contribution in [0.5, 0.6) is 11.5 Å². The van der Waals surface area contributed by atoms with Crippen molar-refractivity contribution in [2.24, 2.45) is 0 Å².